The highest BCUT2D eigenvalue weighted by molar-refractivity contribution is 7.94. The Bertz CT molecular complexity index is 1240. The van der Waals surface area contributed by atoms with Crippen molar-refractivity contribution in [1.29, 1.82) is 0 Å². The number of hydrogen-bond donors (Lipinski definition) is 2. The number of carbonyl (C=O) groups excluding carboxylic acids is 2. The van der Waals surface area contributed by atoms with Crippen LogP contribution in [0.2, 0.25) is 0 Å². The summed E-state index contributed by atoms with van der Waals surface area (Å²) < 4.78 is 27.8. The maximum Gasteiger partial charge on any atom is 0.313 e. The van der Waals surface area contributed by atoms with Gasteiger partial charge in [0.15, 0.2) is 0 Å². The lowest BCUT2D eigenvalue weighted by Gasteiger charge is -2.30. The first-order chi connectivity index (χ1) is 15.3. The van der Waals surface area contributed by atoms with Gasteiger partial charge in [0.05, 0.1) is 5.69 Å². The van der Waals surface area contributed by atoms with Crippen molar-refractivity contribution in [2.75, 3.05) is 16.2 Å². The molecule has 7 nitrogen and oxygen atoms in total. The number of hydrogen-bond acceptors (Lipinski definition) is 5. The molecule has 0 radical (unpaired) electrons. The van der Waals surface area contributed by atoms with E-state index in [1.165, 1.54) is 15.6 Å². The second-order valence-corrected chi connectivity index (χ2v) is 10.6. The fourth-order valence-corrected chi connectivity index (χ4v) is 6.18. The standard InChI is InChI=1S/C23H23N3O4S2/c1-16-6-8-17(9-7-16)15-24-22(27)23(28)25-19-11-10-18-4-2-12-26(20(18)14-19)32(29,30)21-5-3-13-31-21/h3,5-11,13-14H,2,4,12,15H2,1H3,(H,24,27)(H,25,28). The third kappa shape index (κ3) is 4.68. The minimum Gasteiger partial charge on any atom is -0.344 e. The number of thiophene rings is 1. The van der Waals surface area contributed by atoms with Gasteiger partial charge in [-0.05, 0) is 54.5 Å². The number of nitrogens with one attached hydrogen (secondary N) is 2. The molecule has 2 aromatic carbocycles. The largest absolute Gasteiger partial charge is 0.344 e. The predicted octanol–water partition coefficient (Wildman–Crippen LogP) is 3.45. The molecule has 0 bridgehead atoms. The van der Waals surface area contributed by atoms with Crippen molar-refractivity contribution in [2.24, 2.45) is 0 Å². The molecule has 9 heteroatoms. The molecule has 0 fully saturated rings. The van der Waals surface area contributed by atoms with E-state index in [1.807, 2.05) is 31.2 Å². The lowest BCUT2D eigenvalue weighted by Crippen LogP contribution is -2.36. The smallest absolute Gasteiger partial charge is 0.313 e. The molecule has 32 heavy (non-hydrogen) atoms. The number of aryl methyl sites for hydroxylation is 2. The van der Waals surface area contributed by atoms with Crippen LogP contribution in [-0.4, -0.2) is 26.8 Å². The molecule has 0 unspecified atom stereocenters. The summed E-state index contributed by atoms with van der Waals surface area (Å²) in [6.07, 6.45) is 1.46. The molecule has 0 saturated heterocycles. The summed E-state index contributed by atoms with van der Waals surface area (Å²) in [4.78, 5) is 24.6. The lowest BCUT2D eigenvalue weighted by atomic mass is 10.0. The van der Waals surface area contributed by atoms with Crippen LogP contribution in [0.25, 0.3) is 0 Å². The maximum absolute atomic E-state index is 13.1. The number of sulfonamides is 1. The Morgan fingerprint density at radius 1 is 1.06 bits per heavy atom. The summed E-state index contributed by atoms with van der Waals surface area (Å²) in [5, 5.41) is 6.90. The van der Waals surface area contributed by atoms with E-state index in [9.17, 15) is 18.0 Å². The Morgan fingerprint density at radius 3 is 2.56 bits per heavy atom. The van der Waals surface area contributed by atoms with E-state index < -0.39 is 21.8 Å². The number of amides is 2. The molecule has 2 amide bonds. The molecule has 0 atom stereocenters. The van der Waals surface area contributed by atoms with Crippen LogP contribution in [0.1, 0.15) is 23.1 Å². The monoisotopic (exact) mass is 469 g/mol. The summed E-state index contributed by atoms with van der Waals surface area (Å²) in [6.45, 7) is 2.58. The number of nitrogens with zero attached hydrogens (tertiary/aromatic N) is 1. The van der Waals surface area contributed by atoms with Gasteiger partial charge in [-0.3, -0.25) is 13.9 Å². The average Bonchev–Trinajstić information content (AvgIpc) is 3.34. The Morgan fingerprint density at radius 2 is 1.84 bits per heavy atom. The molecule has 0 saturated carbocycles. The zero-order valence-electron chi connectivity index (χ0n) is 17.5. The van der Waals surface area contributed by atoms with Crippen LogP contribution in [0.5, 0.6) is 0 Å². The van der Waals surface area contributed by atoms with Gasteiger partial charge in [0.25, 0.3) is 10.0 Å². The zero-order chi connectivity index (χ0) is 22.7. The average molecular weight is 470 g/mol. The van der Waals surface area contributed by atoms with Crippen LogP contribution in [0.3, 0.4) is 0 Å². The topological polar surface area (TPSA) is 95.6 Å². The van der Waals surface area contributed by atoms with Gasteiger partial charge in [-0.2, -0.15) is 0 Å². The third-order valence-corrected chi connectivity index (χ3v) is 8.42. The zero-order valence-corrected chi connectivity index (χ0v) is 19.1. The van der Waals surface area contributed by atoms with Gasteiger partial charge in [0, 0.05) is 18.8 Å². The molecule has 4 rings (SSSR count). The van der Waals surface area contributed by atoms with Crippen molar-refractivity contribution >= 4 is 44.5 Å². The van der Waals surface area contributed by atoms with Gasteiger partial charge in [0.1, 0.15) is 4.21 Å². The highest BCUT2D eigenvalue weighted by Crippen LogP contribution is 2.35. The first-order valence-electron chi connectivity index (χ1n) is 10.2. The van der Waals surface area contributed by atoms with Gasteiger partial charge in [-0.15, -0.1) is 11.3 Å². The summed E-state index contributed by atoms with van der Waals surface area (Å²) in [5.41, 5.74) is 3.79. The van der Waals surface area contributed by atoms with Gasteiger partial charge in [-0.25, -0.2) is 8.42 Å². The van der Waals surface area contributed by atoms with Gasteiger partial charge in [-0.1, -0.05) is 42.0 Å². The van der Waals surface area contributed by atoms with Crippen molar-refractivity contribution in [1.82, 2.24) is 5.32 Å². The lowest BCUT2D eigenvalue weighted by molar-refractivity contribution is -0.136. The van der Waals surface area contributed by atoms with E-state index in [-0.39, 0.29) is 10.8 Å². The fourth-order valence-electron chi connectivity index (χ4n) is 3.54. The molecule has 1 aliphatic heterocycles. The van der Waals surface area contributed by atoms with Crippen molar-refractivity contribution in [3.8, 4) is 0 Å². The normalized spacial score (nSPS) is 13.3. The Hall–Kier alpha value is -3.17. The number of rotatable bonds is 5. The predicted molar refractivity (Wildman–Crippen MR) is 125 cm³/mol. The van der Waals surface area contributed by atoms with E-state index in [2.05, 4.69) is 10.6 Å². The van der Waals surface area contributed by atoms with Gasteiger partial charge < -0.3 is 10.6 Å². The van der Waals surface area contributed by atoms with Crippen molar-refractivity contribution in [3.05, 3.63) is 76.7 Å². The molecule has 2 N–H and O–H groups in total. The first-order valence-corrected chi connectivity index (χ1v) is 12.5. The maximum atomic E-state index is 13.1. The first kappa shape index (κ1) is 22.0. The van der Waals surface area contributed by atoms with E-state index in [1.54, 1.807) is 35.7 Å². The van der Waals surface area contributed by atoms with E-state index in [0.29, 0.717) is 24.3 Å². The van der Waals surface area contributed by atoms with E-state index in [4.69, 9.17) is 0 Å². The minimum absolute atomic E-state index is 0.240. The Balaban J connectivity index is 1.47. The van der Waals surface area contributed by atoms with Gasteiger partial charge >= 0.3 is 11.8 Å². The number of anilines is 2. The van der Waals surface area contributed by atoms with Crippen LogP contribution >= 0.6 is 11.3 Å². The van der Waals surface area contributed by atoms with Crippen LogP contribution in [0.15, 0.2) is 64.2 Å². The van der Waals surface area contributed by atoms with Crippen molar-refractivity contribution in [2.45, 2.75) is 30.5 Å². The molecule has 3 aromatic rings. The highest BCUT2D eigenvalue weighted by Gasteiger charge is 2.30. The number of benzene rings is 2. The third-order valence-electron chi connectivity index (χ3n) is 5.24. The summed E-state index contributed by atoms with van der Waals surface area (Å²) in [5.74, 6) is -1.56. The number of carbonyl (C=O) groups is 2. The minimum atomic E-state index is -3.68. The molecule has 0 aliphatic carbocycles. The second-order valence-electron chi connectivity index (χ2n) is 7.58. The molecule has 1 aliphatic rings. The summed E-state index contributed by atoms with van der Waals surface area (Å²) in [6, 6.07) is 16.0. The molecular formula is C23H23N3O4S2. The SMILES string of the molecule is Cc1ccc(CNC(=O)C(=O)Nc2ccc3c(c2)N(S(=O)(=O)c2cccs2)CCC3)cc1. The molecule has 166 valence electrons. The quantitative estimate of drug-likeness (QED) is 0.560. The molecule has 2 heterocycles. The second kappa shape index (κ2) is 9.13. The van der Waals surface area contributed by atoms with Crippen LogP contribution in [0, 0.1) is 6.92 Å². The number of fused-ring (bicyclic) bond motifs is 1. The summed E-state index contributed by atoms with van der Waals surface area (Å²) >= 11 is 1.17. The van der Waals surface area contributed by atoms with Crippen molar-refractivity contribution < 1.29 is 18.0 Å². The summed E-state index contributed by atoms with van der Waals surface area (Å²) in [7, 11) is -3.68. The molecule has 1 aromatic heterocycles. The molecule has 0 spiro atoms. The Kier molecular flexibility index (Phi) is 6.29. The van der Waals surface area contributed by atoms with E-state index in [0.717, 1.165) is 23.1 Å². The fraction of sp³-hybridized carbons (Fsp3) is 0.217. The van der Waals surface area contributed by atoms with Crippen LogP contribution in [-0.2, 0) is 32.6 Å². The molecular weight excluding hydrogens is 446 g/mol. The van der Waals surface area contributed by atoms with Crippen molar-refractivity contribution in [3.63, 3.8) is 0 Å². The van der Waals surface area contributed by atoms with Gasteiger partial charge in [0.2, 0.25) is 0 Å². The van der Waals surface area contributed by atoms with Crippen LogP contribution < -0.4 is 14.9 Å². The van der Waals surface area contributed by atoms with Crippen LogP contribution in [0.4, 0.5) is 11.4 Å². The highest BCUT2D eigenvalue weighted by atomic mass is 32.2. The van der Waals surface area contributed by atoms with E-state index >= 15 is 0 Å². The Labute approximate surface area is 191 Å².